The van der Waals surface area contributed by atoms with Crippen molar-refractivity contribution in [2.75, 3.05) is 33.0 Å². The highest BCUT2D eigenvalue weighted by Gasteiger charge is 2.28. The molecule has 2 N–H and O–H groups in total. The van der Waals surface area contributed by atoms with Crippen LogP contribution >= 0.6 is 0 Å². The highest BCUT2D eigenvalue weighted by molar-refractivity contribution is 4.80. The first-order valence-electron chi connectivity index (χ1n) is 5.49. The number of ether oxygens (including phenoxy) is 2. The Morgan fingerprint density at radius 1 is 1.19 bits per heavy atom. The number of nitrogens with one attached hydrogen (secondary N) is 1. The Morgan fingerprint density at radius 3 is 2.00 bits per heavy atom. The molecule has 0 aliphatic carbocycles. The van der Waals surface area contributed by atoms with Crippen LogP contribution in [0.5, 0.6) is 0 Å². The third-order valence-electron chi connectivity index (χ3n) is 2.49. The van der Waals surface area contributed by atoms with Gasteiger partial charge in [0.05, 0.1) is 26.4 Å². The smallest absolute Gasteiger partial charge is 0.0645 e. The molecule has 0 rings (SSSR count). The molecular weight excluding hydrogens is 206 g/mol. The maximum Gasteiger partial charge on any atom is 0.0645 e. The second-order valence-corrected chi connectivity index (χ2v) is 3.80. The fourth-order valence-electron chi connectivity index (χ4n) is 1.36. The van der Waals surface area contributed by atoms with E-state index in [0.29, 0.717) is 33.0 Å². The number of rotatable bonds is 11. The van der Waals surface area contributed by atoms with Crippen LogP contribution in [0.15, 0.2) is 25.3 Å². The predicted octanol–water partition coefficient (Wildman–Crippen LogP) is 1.77. The Balaban J connectivity index is 4.18. The summed E-state index contributed by atoms with van der Waals surface area (Å²) >= 11 is 0. The van der Waals surface area contributed by atoms with Gasteiger partial charge < -0.3 is 14.7 Å². The zero-order chi connectivity index (χ0) is 12.3. The lowest BCUT2D eigenvalue weighted by Crippen LogP contribution is -2.40. The fraction of sp³-hybridized carbons (Fsp3) is 0.667. The molecule has 0 aromatic carbocycles. The third kappa shape index (κ3) is 6.02. The molecule has 0 unspecified atom stereocenters. The minimum atomic E-state index is -0.208. The molecule has 16 heavy (non-hydrogen) atoms. The molecule has 0 atom stereocenters. The van der Waals surface area contributed by atoms with Crippen molar-refractivity contribution in [3.8, 4) is 0 Å². The summed E-state index contributed by atoms with van der Waals surface area (Å²) in [5.41, 5.74) is 1.99. The fourth-order valence-corrected chi connectivity index (χ4v) is 1.36. The van der Waals surface area contributed by atoms with E-state index in [1.54, 1.807) is 12.2 Å². The van der Waals surface area contributed by atoms with Gasteiger partial charge in [-0.25, -0.2) is 5.48 Å². The molecule has 0 spiro atoms. The molecule has 0 aromatic rings. The lowest BCUT2D eigenvalue weighted by Gasteiger charge is -2.31. The first-order valence-corrected chi connectivity index (χ1v) is 5.49. The van der Waals surface area contributed by atoms with Gasteiger partial charge in [0, 0.05) is 12.0 Å². The largest absolute Gasteiger partial charge is 0.377 e. The van der Waals surface area contributed by atoms with Crippen molar-refractivity contribution < 1.29 is 14.7 Å². The van der Waals surface area contributed by atoms with Gasteiger partial charge >= 0.3 is 0 Å². The van der Waals surface area contributed by atoms with Gasteiger partial charge in [-0.3, -0.25) is 0 Å². The van der Waals surface area contributed by atoms with Crippen LogP contribution in [0.2, 0.25) is 0 Å². The standard InChI is InChI=1S/C12H23NO3/c1-4-7-15-10-12(6-3,9-13-14)11-16-8-5-2/h4-5,13-14H,1-2,6-11H2,3H3. The van der Waals surface area contributed by atoms with Gasteiger partial charge in [-0.1, -0.05) is 19.1 Å². The van der Waals surface area contributed by atoms with Crippen LogP contribution < -0.4 is 5.48 Å². The Hall–Kier alpha value is -0.680. The molecule has 0 bridgehead atoms. The van der Waals surface area contributed by atoms with Crippen LogP contribution in [0.1, 0.15) is 13.3 Å². The first-order chi connectivity index (χ1) is 7.74. The molecule has 94 valence electrons. The summed E-state index contributed by atoms with van der Waals surface area (Å²) in [6.45, 7) is 11.7. The number of hydroxylamine groups is 1. The van der Waals surface area contributed by atoms with Gasteiger partial charge in [0.15, 0.2) is 0 Å². The second-order valence-electron chi connectivity index (χ2n) is 3.80. The molecule has 4 nitrogen and oxygen atoms in total. The highest BCUT2D eigenvalue weighted by atomic mass is 16.5. The summed E-state index contributed by atoms with van der Waals surface area (Å²) in [6, 6.07) is 0. The van der Waals surface area contributed by atoms with E-state index in [1.807, 2.05) is 6.92 Å². The topological polar surface area (TPSA) is 50.7 Å². The Kier molecular flexibility index (Phi) is 9.13. The summed E-state index contributed by atoms with van der Waals surface area (Å²) < 4.78 is 10.9. The average molecular weight is 229 g/mol. The molecule has 0 aliphatic rings. The lowest BCUT2D eigenvalue weighted by molar-refractivity contribution is -0.0298. The van der Waals surface area contributed by atoms with E-state index in [0.717, 1.165) is 6.42 Å². The summed E-state index contributed by atoms with van der Waals surface area (Å²) in [7, 11) is 0. The van der Waals surface area contributed by atoms with Crippen molar-refractivity contribution in [1.82, 2.24) is 5.48 Å². The average Bonchev–Trinajstić information content (AvgIpc) is 2.29. The second kappa shape index (κ2) is 9.54. The van der Waals surface area contributed by atoms with E-state index in [4.69, 9.17) is 14.7 Å². The Bertz CT molecular complexity index is 181. The van der Waals surface area contributed by atoms with Crippen LogP contribution in [0.25, 0.3) is 0 Å². The van der Waals surface area contributed by atoms with Gasteiger partial charge in [0.2, 0.25) is 0 Å². The lowest BCUT2D eigenvalue weighted by atomic mass is 9.87. The maximum absolute atomic E-state index is 8.84. The van der Waals surface area contributed by atoms with Gasteiger partial charge in [-0.15, -0.1) is 13.2 Å². The predicted molar refractivity (Wildman–Crippen MR) is 64.5 cm³/mol. The van der Waals surface area contributed by atoms with Crippen LogP contribution in [0.3, 0.4) is 0 Å². The molecule has 0 fully saturated rings. The third-order valence-corrected chi connectivity index (χ3v) is 2.49. The molecule has 4 heteroatoms. The summed E-state index contributed by atoms with van der Waals surface area (Å²) in [4.78, 5) is 0. The molecule has 0 aromatic heterocycles. The molecule has 0 amide bonds. The van der Waals surface area contributed by atoms with E-state index < -0.39 is 0 Å². The molecule has 0 heterocycles. The molecule has 0 radical (unpaired) electrons. The molecule has 0 aliphatic heterocycles. The minimum absolute atomic E-state index is 0.208. The zero-order valence-corrected chi connectivity index (χ0v) is 10.1. The van der Waals surface area contributed by atoms with Crippen molar-refractivity contribution in [2.24, 2.45) is 5.41 Å². The van der Waals surface area contributed by atoms with Gasteiger partial charge in [0.1, 0.15) is 0 Å². The SMILES string of the molecule is C=CCOCC(CC)(CNO)COCC=C. The molecule has 0 saturated carbocycles. The van der Waals surface area contributed by atoms with Gasteiger partial charge in [0.25, 0.3) is 0 Å². The van der Waals surface area contributed by atoms with Crippen molar-refractivity contribution in [2.45, 2.75) is 13.3 Å². The van der Waals surface area contributed by atoms with E-state index in [1.165, 1.54) is 0 Å². The van der Waals surface area contributed by atoms with Crippen molar-refractivity contribution in [3.05, 3.63) is 25.3 Å². The van der Waals surface area contributed by atoms with Crippen LogP contribution in [0, 0.1) is 5.41 Å². The quantitative estimate of drug-likeness (QED) is 0.322. The summed E-state index contributed by atoms with van der Waals surface area (Å²) in [5.74, 6) is 0. The summed E-state index contributed by atoms with van der Waals surface area (Å²) in [5, 5.41) is 8.84. The number of hydrogen-bond donors (Lipinski definition) is 2. The zero-order valence-electron chi connectivity index (χ0n) is 10.1. The van der Waals surface area contributed by atoms with E-state index in [9.17, 15) is 0 Å². The molecular formula is C12H23NO3. The molecule has 0 saturated heterocycles. The van der Waals surface area contributed by atoms with Crippen LogP contribution in [0.4, 0.5) is 0 Å². The maximum atomic E-state index is 8.84. The van der Waals surface area contributed by atoms with Gasteiger partial charge in [-0.05, 0) is 6.42 Å². The van der Waals surface area contributed by atoms with Crippen LogP contribution in [-0.2, 0) is 9.47 Å². The monoisotopic (exact) mass is 229 g/mol. The van der Waals surface area contributed by atoms with Crippen LogP contribution in [-0.4, -0.2) is 38.2 Å². The number of hydrogen-bond acceptors (Lipinski definition) is 4. The Labute approximate surface area is 97.9 Å². The first kappa shape index (κ1) is 15.3. The normalized spacial score (nSPS) is 11.4. The van der Waals surface area contributed by atoms with E-state index >= 15 is 0 Å². The van der Waals surface area contributed by atoms with E-state index in [2.05, 4.69) is 18.6 Å². The Morgan fingerprint density at radius 2 is 1.69 bits per heavy atom. The van der Waals surface area contributed by atoms with Crippen molar-refractivity contribution >= 4 is 0 Å². The van der Waals surface area contributed by atoms with Crippen molar-refractivity contribution in [3.63, 3.8) is 0 Å². The highest BCUT2D eigenvalue weighted by Crippen LogP contribution is 2.22. The van der Waals surface area contributed by atoms with E-state index in [-0.39, 0.29) is 5.41 Å². The summed E-state index contributed by atoms with van der Waals surface area (Å²) in [6.07, 6.45) is 4.27. The van der Waals surface area contributed by atoms with Crippen molar-refractivity contribution in [1.29, 1.82) is 0 Å². The van der Waals surface area contributed by atoms with Gasteiger partial charge in [-0.2, -0.15) is 0 Å². The minimum Gasteiger partial charge on any atom is -0.377 e.